The van der Waals surface area contributed by atoms with Crippen LogP contribution in [0.1, 0.15) is 40.0 Å². The van der Waals surface area contributed by atoms with Gasteiger partial charge in [-0.05, 0) is 20.3 Å². The lowest BCUT2D eigenvalue weighted by Gasteiger charge is -2.21. The summed E-state index contributed by atoms with van der Waals surface area (Å²) in [5.41, 5.74) is 5.53. The number of nitrogens with two attached hydrogens (primary N) is 1. The Labute approximate surface area is 62.8 Å². The van der Waals surface area contributed by atoms with Gasteiger partial charge in [0.1, 0.15) is 5.78 Å². The second kappa shape index (κ2) is 3.71. The third-order valence-corrected chi connectivity index (χ3v) is 1.47. The lowest BCUT2D eigenvalue weighted by Crippen LogP contribution is -2.37. The molecule has 0 aromatic heterocycles. The predicted octanol–water partition coefficient (Wildman–Crippen LogP) is 1.48. The number of hydrogen-bond donors (Lipinski definition) is 1. The minimum absolute atomic E-state index is 0.179. The molecule has 0 bridgehead atoms. The molecule has 2 heteroatoms. The molecule has 0 aliphatic rings. The molecule has 0 spiro atoms. The van der Waals surface area contributed by atoms with Crippen molar-refractivity contribution in [3.05, 3.63) is 0 Å². The van der Waals surface area contributed by atoms with Crippen LogP contribution in [0, 0.1) is 0 Å². The van der Waals surface area contributed by atoms with E-state index in [-0.39, 0.29) is 11.3 Å². The first kappa shape index (κ1) is 9.63. The summed E-state index contributed by atoms with van der Waals surface area (Å²) in [6, 6.07) is 0. The summed E-state index contributed by atoms with van der Waals surface area (Å²) in [7, 11) is 0. The molecule has 0 fully saturated rings. The van der Waals surface area contributed by atoms with Crippen LogP contribution in [0.15, 0.2) is 0 Å². The summed E-state index contributed by atoms with van der Waals surface area (Å²) in [5.74, 6) is 0.179. The highest BCUT2D eigenvalue weighted by Gasteiger charge is 2.18. The highest BCUT2D eigenvalue weighted by molar-refractivity contribution is 5.76. The summed E-state index contributed by atoms with van der Waals surface area (Å²) in [4.78, 5) is 10.7. The number of rotatable bonds is 4. The average Bonchev–Trinajstić information content (AvgIpc) is 1.59. The molecular formula is C8H17NO. The van der Waals surface area contributed by atoms with Gasteiger partial charge in [-0.3, -0.25) is 4.79 Å². The fourth-order valence-electron chi connectivity index (χ4n) is 1.23. The molecule has 0 saturated heterocycles. The van der Waals surface area contributed by atoms with Crippen molar-refractivity contribution in [1.82, 2.24) is 0 Å². The van der Waals surface area contributed by atoms with Crippen molar-refractivity contribution in [1.29, 1.82) is 0 Å². The molecule has 1 atom stereocenters. The first-order valence-corrected chi connectivity index (χ1v) is 3.76. The highest BCUT2D eigenvalue weighted by Crippen LogP contribution is 2.12. The Kier molecular flexibility index (Phi) is 3.58. The number of carbonyl (C=O) groups is 1. The Morgan fingerprint density at radius 2 is 2.10 bits per heavy atom. The molecule has 0 radical (unpaired) electrons. The summed E-state index contributed by atoms with van der Waals surface area (Å²) in [5, 5.41) is 0. The fraction of sp³-hybridized carbons (Fsp3) is 0.875. The molecule has 2 nitrogen and oxygen atoms in total. The monoisotopic (exact) mass is 143 g/mol. The van der Waals surface area contributed by atoms with Crippen molar-refractivity contribution in [2.24, 2.45) is 5.73 Å². The Morgan fingerprint density at radius 3 is 2.40 bits per heavy atom. The van der Waals surface area contributed by atoms with E-state index in [2.05, 4.69) is 6.92 Å². The van der Waals surface area contributed by atoms with E-state index in [4.69, 9.17) is 5.73 Å². The summed E-state index contributed by atoms with van der Waals surface area (Å²) >= 11 is 0. The first-order chi connectivity index (χ1) is 4.48. The standard InChI is InChI=1S/C8H17NO/c1-4-5-8(3,9)6-7(2)10/h4-6,9H2,1-3H3/t8-/m1/s1. The van der Waals surface area contributed by atoms with Gasteiger partial charge in [0, 0.05) is 12.0 Å². The Hall–Kier alpha value is -0.370. The largest absolute Gasteiger partial charge is 0.325 e. The maximum absolute atomic E-state index is 10.7. The highest BCUT2D eigenvalue weighted by atomic mass is 16.1. The van der Waals surface area contributed by atoms with Crippen molar-refractivity contribution >= 4 is 5.78 Å². The zero-order valence-electron chi connectivity index (χ0n) is 7.11. The Morgan fingerprint density at radius 1 is 1.60 bits per heavy atom. The third-order valence-electron chi connectivity index (χ3n) is 1.47. The molecule has 0 aromatic rings. The second-order valence-electron chi connectivity index (χ2n) is 3.28. The van der Waals surface area contributed by atoms with Crippen LogP contribution in [0.25, 0.3) is 0 Å². The second-order valence-corrected chi connectivity index (χ2v) is 3.28. The summed E-state index contributed by atoms with van der Waals surface area (Å²) < 4.78 is 0. The van der Waals surface area contributed by atoms with Crippen molar-refractivity contribution in [3.63, 3.8) is 0 Å². The summed E-state index contributed by atoms with van der Waals surface area (Å²) in [6.07, 6.45) is 2.47. The SMILES string of the molecule is CCC[C@@](C)(N)CC(C)=O. The van der Waals surface area contributed by atoms with E-state index in [0.717, 1.165) is 12.8 Å². The quantitative estimate of drug-likeness (QED) is 0.647. The smallest absolute Gasteiger partial charge is 0.131 e. The molecule has 60 valence electrons. The minimum atomic E-state index is -0.277. The van der Waals surface area contributed by atoms with E-state index in [9.17, 15) is 4.79 Å². The van der Waals surface area contributed by atoms with Gasteiger partial charge < -0.3 is 5.73 Å². The van der Waals surface area contributed by atoms with Gasteiger partial charge in [0.25, 0.3) is 0 Å². The number of hydrogen-bond acceptors (Lipinski definition) is 2. The number of carbonyl (C=O) groups excluding carboxylic acids is 1. The first-order valence-electron chi connectivity index (χ1n) is 3.76. The van der Waals surface area contributed by atoms with E-state index in [0.29, 0.717) is 6.42 Å². The normalized spacial score (nSPS) is 16.4. The Bertz CT molecular complexity index is 118. The van der Waals surface area contributed by atoms with Crippen LogP contribution in [0.5, 0.6) is 0 Å². The van der Waals surface area contributed by atoms with Gasteiger partial charge in [0.15, 0.2) is 0 Å². The Balaban J connectivity index is 3.74. The number of Topliss-reactive ketones (excluding diaryl/α,β-unsaturated/α-hetero) is 1. The van der Waals surface area contributed by atoms with E-state index >= 15 is 0 Å². The summed E-state index contributed by atoms with van der Waals surface area (Å²) in [6.45, 7) is 5.59. The topological polar surface area (TPSA) is 43.1 Å². The van der Waals surface area contributed by atoms with Crippen LogP contribution >= 0.6 is 0 Å². The predicted molar refractivity (Wildman–Crippen MR) is 42.8 cm³/mol. The van der Waals surface area contributed by atoms with Crippen molar-refractivity contribution in [2.75, 3.05) is 0 Å². The average molecular weight is 143 g/mol. The van der Waals surface area contributed by atoms with Gasteiger partial charge in [0.2, 0.25) is 0 Å². The van der Waals surface area contributed by atoms with Crippen LogP contribution in [-0.4, -0.2) is 11.3 Å². The zero-order chi connectivity index (χ0) is 8.20. The number of ketones is 1. The lowest BCUT2D eigenvalue weighted by molar-refractivity contribution is -0.118. The lowest BCUT2D eigenvalue weighted by atomic mass is 9.92. The van der Waals surface area contributed by atoms with Gasteiger partial charge in [-0.25, -0.2) is 0 Å². The van der Waals surface area contributed by atoms with Gasteiger partial charge in [-0.2, -0.15) is 0 Å². The molecule has 0 aromatic carbocycles. The van der Waals surface area contributed by atoms with Gasteiger partial charge in [0.05, 0.1) is 0 Å². The van der Waals surface area contributed by atoms with Crippen LogP contribution < -0.4 is 5.73 Å². The zero-order valence-corrected chi connectivity index (χ0v) is 7.11. The van der Waals surface area contributed by atoms with Crippen LogP contribution in [0.2, 0.25) is 0 Å². The van der Waals surface area contributed by atoms with Crippen LogP contribution in [0.4, 0.5) is 0 Å². The molecule has 0 rings (SSSR count). The van der Waals surface area contributed by atoms with Crippen LogP contribution in [-0.2, 0) is 4.79 Å². The molecule has 10 heavy (non-hydrogen) atoms. The van der Waals surface area contributed by atoms with E-state index in [1.54, 1.807) is 6.92 Å². The van der Waals surface area contributed by atoms with E-state index < -0.39 is 0 Å². The van der Waals surface area contributed by atoms with Crippen molar-refractivity contribution in [3.8, 4) is 0 Å². The van der Waals surface area contributed by atoms with Crippen LogP contribution in [0.3, 0.4) is 0 Å². The van der Waals surface area contributed by atoms with E-state index in [1.807, 2.05) is 6.92 Å². The third kappa shape index (κ3) is 4.50. The van der Waals surface area contributed by atoms with E-state index in [1.165, 1.54) is 0 Å². The maximum atomic E-state index is 10.7. The molecule has 0 aliphatic heterocycles. The molecule has 2 N–H and O–H groups in total. The van der Waals surface area contributed by atoms with Gasteiger partial charge in [-0.15, -0.1) is 0 Å². The molecule has 0 unspecified atom stereocenters. The molecular weight excluding hydrogens is 126 g/mol. The molecule has 0 amide bonds. The maximum Gasteiger partial charge on any atom is 0.131 e. The molecule has 0 saturated carbocycles. The molecule has 0 aliphatic carbocycles. The van der Waals surface area contributed by atoms with Gasteiger partial charge in [-0.1, -0.05) is 13.3 Å². The fourth-order valence-corrected chi connectivity index (χ4v) is 1.23. The van der Waals surface area contributed by atoms with Crippen molar-refractivity contribution in [2.45, 2.75) is 45.6 Å². The minimum Gasteiger partial charge on any atom is -0.325 e. The molecule has 0 heterocycles. The van der Waals surface area contributed by atoms with Crippen molar-refractivity contribution < 1.29 is 4.79 Å². The van der Waals surface area contributed by atoms with Gasteiger partial charge >= 0.3 is 0 Å².